The first-order valence-electron chi connectivity index (χ1n) is 6.29. The van der Waals surface area contributed by atoms with Crippen LogP contribution in [-0.2, 0) is 4.79 Å². The van der Waals surface area contributed by atoms with Gasteiger partial charge in [-0.25, -0.2) is 0 Å². The highest BCUT2D eigenvalue weighted by molar-refractivity contribution is 5.80. The molecule has 0 aliphatic heterocycles. The molecule has 1 fully saturated rings. The van der Waals surface area contributed by atoms with Gasteiger partial charge in [0, 0.05) is 32.1 Å². The van der Waals surface area contributed by atoms with Crippen molar-refractivity contribution in [2.75, 3.05) is 20.1 Å². The van der Waals surface area contributed by atoms with Crippen molar-refractivity contribution in [2.24, 2.45) is 16.8 Å². The molecule has 0 heterocycles. The Morgan fingerprint density at radius 1 is 1.35 bits per heavy atom. The minimum Gasteiger partial charge on any atom is -0.355 e. The maximum absolute atomic E-state index is 11.3. The lowest BCUT2D eigenvalue weighted by Gasteiger charge is -2.12. The third-order valence-corrected chi connectivity index (χ3v) is 2.90. The van der Waals surface area contributed by atoms with E-state index in [4.69, 9.17) is 0 Å². The average Bonchev–Trinajstić information content (AvgIpc) is 2.98. The highest BCUT2D eigenvalue weighted by atomic mass is 16.1. The van der Waals surface area contributed by atoms with E-state index >= 15 is 0 Å². The van der Waals surface area contributed by atoms with Crippen molar-refractivity contribution >= 4 is 11.9 Å². The van der Waals surface area contributed by atoms with Gasteiger partial charge in [-0.3, -0.25) is 9.79 Å². The fourth-order valence-electron chi connectivity index (χ4n) is 1.46. The van der Waals surface area contributed by atoms with Crippen LogP contribution in [0, 0.1) is 11.8 Å². The van der Waals surface area contributed by atoms with Crippen molar-refractivity contribution in [3.05, 3.63) is 0 Å². The van der Waals surface area contributed by atoms with Gasteiger partial charge in [0.25, 0.3) is 0 Å². The summed E-state index contributed by atoms with van der Waals surface area (Å²) in [5.74, 6) is 1.69. The number of nitrogens with one attached hydrogen (secondary N) is 3. The molecule has 1 amide bonds. The summed E-state index contributed by atoms with van der Waals surface area (Å²) in [5, 5.41) is 9.36. The summed E-state index contributed by atoms with van der Waals surface area (Å²) in [6, 6.07) is 0.562. The molecule has 1 rings (SSSR count). The lowest BCUT2D eigenvalue weighted by atomic mass is 10.2. The zero-order valence-electron chi connectivity index (χ0n) is 11.2. The van der Waals surface area contributed by atoms with Crippen LogP contribution in [0.2, 0.25) is 0 Å². The molecule has 1 aliphatic rings. The molecule has 0 aromatic carbocycles. The van der Waals surface area contributed by atoms with E-state index in [-0.39, 0.29) is 11.8 Å². The number of hydrogen-bond donors (Lipinski definition) is 3. The van der Waals surface area contributed by atoms with E-state index in [1.807, 2.05) is 13.8 Å². The van der Waals surface area contributed by atoms with Crippen LogP contribution in [0.4, 0.5) is 0 Å². The van der Waals surface area contributed by atoms with Gasteiger partial charge in [0.1, 0.15) is 0 Å². The van der Waals surface area contributed by atoms with E-state index in [0.717, 1.165) is 11.9 Å². The third-order valence-electron chi connectivity index (χ3n) is 2.90. The van der Waals surface area contributed by atoms with Crippen molar-refractivity contribution < 1.29 is 4.79 Å². The molecule has 98 valence electrons. The second kappa shape index (κ2) is 6.47. The molecule has 0 spiro atoms. The SMILES string of the molecule is CN=C(NCCNC(=O)C(C)C)NC1CC1C. The van der Waals surface area contributed by atoms with Crippen LogP contribution >= 0.6 is 0 Å². The van der Waals surface area contributed by atoms with Gasteiger partial charge in [0.05, 0.1) is 0 Å². The van der Waals surface area contributed by atoms with E-state index in [2.05, 4.69) is 27.9 Å². The largest absolute Gasteiger partial charge is 0.355 e. The number of nitrogens with zero attached hydrogens (tertiary/aromatic N) is 1. The summed E-state index contributed by atoms with van der Waals surface area (Å²) in [5.41, 5.74) is 0. The molecule has 2 atom stereocenters. The lowest BCUT2D eigenvalue weighted by molar-refractivity contribution is -0.123. The highest BCUT2D eigenvalue weighted by Crippen LogP contribution is 2.28. The van der Waals surface area contributed by atoms with E-state index in [9.17, 15) is 4.79 Å². The second-order valence-electron chi connectivity index (χ2n) is 4.91. The smallest absolute Gasteiger partial charge is 0.222 e. The average molecular weight is 240 g/mol. The summed E-state index contributed by atoms with van der Waals surface area (Å²) in [4.78, 5) is 15.4. The normalized spacial score (nSPS) is 23.5. The van der Waals surface area contributed by atoms with Gasteiger partial charge < -0.3 is 16.0 Å². The van der Waals surface area contributed by atoms with Crippen molar-refractivity contribution in [3.63, 3.8) is 0 Å². The zero-order valence-corrected chi connectivity index (χ0v) is 11.2. The third kappa shape index (κ3) is 5.06. The number of carbonyl (C=O) groups is 1. The zero-order chi connectivity index (χ0) is 12.8. The van der Waals surface area contributed by atoms with Crippen LogP contribution in [0.3, 0.4) is 0 Å². The molecule has 0 radical (unpaired) electrons. The molecule has 1 aliphatic carbocycles. The maximum atomic E-state index is 11.3. The van der Waals surface area contributed by atoms with E-state index in [0.29, 0.717) is 19.1 Å². The van der Waals surface area contributed by atoms with E-state index < -0.39 is 0 Å². The monoisotopic (exact) mass is 240 g/mol. The van der Waals surface area contributed by atoms with Crippen LogP contribution in [0.5, 0.6) is 0 Å². The second-order valence-corrected chi connectivity index (χ2v) is 4.91. The Morgan fingerprint density at radius 2 is 1.94 bits per heavy atom. The number of aliphatic imine (C=N–C) groups is 1. The molecule has 1 saturated carbocycles. The van der Waals surface area contributed by atoms with Gasteiger partial charge in [-0.05, 0) is 12.3 Å². The highest BCUT2D eigenvalue weighted by Gasteiger charge is 2.33. The van der Waals surface area contributed by atoms with Gasteiger partial charge in [0.15, 0.2) is 5.96 Å². The minimum atomic E-state index is 0.0414. The lowest BCUT2D eigenvalue weighted by Crippen LogP contribution is -2.43. The van der Waals surface area contributed by atoms with Gasteiger partial charge in [-0.1, -0.05) is 20.8 Å². The minimum absolute atomic E-state index is 0.0414. The molecule has 0 saturated heterocycles. The Morgan fingerprint density at radius 3 is 2.41 bits per heavy atom. The summed E-state index contributed by atoms with van der Waals surface area (Å²) >= 11 is 0. The first-order chi connectivity index (χ1) is 8.04. The predicted octanol–water partition coefficient (Wildman–Crippen LogP) is 0.332. The Kier molecular flexibility index (Phi) is 5.25. The molecule has 2 unspecified atom stereocenters. The van der Waals surface area contributed by atoms with Gasteiger partial charge in [-0.2, -0.15) is 0 Å². The van der Waals surface area contributed by atoms with Crippen LogP contribution in [0.1, 0.15) is 27.2 Å². The molecular formula is C12H24N4O. The summed E-state index contributed by atoms with van der Waals surface area (Å²) < 4.78 is 0. The van der Waals surface area contributed by atoms with Gasteiger partial charge in [0.2, 0.25) is 5.91 Å². The Balaban J connectivity index is 2.10. The molecule has 0 aromatic heterocycles. The van der Waals surface area contributed by atoms with Crippen molar-refractivity contribution in [3.8, 4) is 0 Å². The first kappa shape index (κ1) is 13.8. The molecule has 0 bridgehead atoms. The van der Waals surface area contributed by atoms with Crippen LogP contribution < -0.4 is 16.0 Å². The molecule has 5 heteroatoms. The summed E-state index contributed by atoms with van der Waals surface area (Å²) in [6.07, 6.45) is 1.21. The first-order valence-corrected chi connectivity index (χ1v) is 6.29. The maximum Gasteiger partial charge on any atom is 0.222 e. The van der Waals surface area contributed by atoms with Crippen LogP contribution in [0.25, 0.3) is 0 Å². The summed E-state index contributed by atoms with van der Waals surface area (Å²) in [7, 11) is 1.76. The Hall–Kier alpha value is -1.26. The molecular weight excluding hydrogens is 216 g/mol. The molecule has 17 heavy (non-hydrogen) atoms. The number of guanidine groups is 1. The molecule has 5 nitrogen and oxygen atoms in total. The van der Waals surface area contributed by atoms with Crippen LogP contribution in [-0.4, -0.2) is 38.0 Å². The van der Waals surface area contributed by atoms with Crippen molar-refractivity contribution in [2.45, 2.75) is 33.2 Å². The summed E-state index contributed by atoms with van der Waals surface area (Å²) in [6.45, 7) is 7.31. The predicted molar refractivity (Wildman–Crippen MR) is 69.9 cm³/mol. The van der Waals surface area contributed by atoms with E-state index in [1.165, 1.54) is 6.42 Å². The molecule has 0 aromatic rings. The quantitative estimate of drug-likeness (QED) is 0.369. The number of amides is 1. The Labute approximate surface area is 103 Å². The standard InChI is InChI=1S/C12H24N4O/c1-8(2)11(17)14-5-6-15-12(13-4)16-10-7-9(10)3/h8-10H,5-7H2,1-4H3,(H,14,17)(H2,13,15,16). The van der Waals surface area contributed by atoms with Crippen molar-refractivity contribution in [1.29, 1.82) is 0 Å². The fourth-order valence-corrected chi connectivity index (χ4v) is 1.46. The Bertz CT molecular complexity index is 288. The number of carbonyl (C=O) groups excluding carboxylic acids is 1. The number of rotatable bonds is 5. The fraction of sp³-hybridized carbons (Fsp3) is 0.833. The molecule has 3 N–H and O–H groups in total. The van der Waals surface area contributed by atoms with Crippen molar-refractivity contribution in [1.82, 2.24) is 16.0 Å². The van der Waals surface area contributed by atoms with E-state index in [1.54, 1.807) is 7.05 Å². The van der Waals surface area contributed by atoms with Crippen LogP contribution in [0.15, 0.2) is 4.99 Å². The number of hydrogen-bond acceptors (Lipinski definition) is 2. The van der Waals surface area contributed by atoms with Gasteiger partial charge in [-0.15, -0.1) is 0 Å². The van der Waals surface area contributed by atoms with Gasteiger partial charge >= 0.3 is 0 Å². The topological polar surface area (TPSA) is 65.5 Å².